The number of aromatic nitrogens is 4. The van der Waals surface area contributed by atoms with Crippen molar-refractivity contribution in [2.45, 2.75) is 39.2 Å². The van der Waals surface area contributed by atoms with E-state index >= 15 is 0 Å². The van der Waals surface area contributed by atoms with Gasteiger partial charge in [0.2, 0.25) is 12.1 Å². The first-order chi connectivity index (χ1) is 24.2. The largest absolute Gasteiger partial charge is 0.425 e. The summed E-state index contributed by atoms with van der Waals surface area (Å²) in [6, 6.07) is 21.9. The number of carbonyl (C=O) groups excluding carboxylic acids is 2. The zero-order valence-electron chi connectivity index (χ0n) is 27.0. The molecular formula is C36H31ClFN9O3. The van der Waals surface area contributed by atoms with Crippen LogP contribution in [-0.4, -0.2) is 37.8 Å². The number of hydrogen-bond acceptors (Lipinski definition) is 8. The van der Waals surface area contributed by atoms with E-state index in [1.54, 1.807) is 61.8 Å². The van der Waals surface area contributed by atoms with E-state index in [2.05, 4.69) is 36.2 Å². The summed E-state index contributed by atoms with van der Waals surface area (Å²) < 4.78 is 21.8. The maximum atomic E-state index is 14.8. The lowest BCUT2D eigenvalue weighted by Crippen LogP contribution is -2.30. The summed E-state index contributed by atoms with van der Waals surface area (Å²) in [4.78, 5) is 35.4. The molecule has 0 unspecified atom stereocenters. The van der Waals surface area contributed by atoms with Crippen molar-refractivity contribution >= 4 is 40.8 Å². The van der Waals surface area contributed by atoms with Gasteiger partial charge in [0.05, 0.1) is 28.1 Å². The van der Waals surface area contributed by atoms with Crippen molar-refractivity contribution in [3.05, 3.63) is 113 Å². The van der Waals surface area contributed by atoms with Crippen LogP contribution in [0, 0.1) is 30.1 Å². The van der Waals surface area contributed by atoms with Crippen molar-refractivity contribution in [3.8, 4) is 28.8 Å². The number of anilines is 2. The van der Waals surface area contributed by atoms with Crippen LogP contribution in [0.15, 0.2) is 90.1 Å². The fraction of sp³-hybridized carbons (Fsp3) is 0.194. The molecule has 0 aliphatic carbocycles. The Bertz CT molecular complexity index is 2130. The summed E-state index contributed by atoms with van der Waals surface area (Å²) in [6.07, 6.45) is 5.02. The molecule has 0 spiro atoms. The van der Waals surface area contributed by atoms with E-state index in [1.165, 1.54) is 16.8 Å². The van der Waals surface area contributed by atoms with Crippen LogP contribution in [0.4, 0.5) is 15.8 Å². The Kier molecular flexibility index (Phi) is 10.1. The van der Waals surface area contributed by atoms with E-state index in [4.69, 9.17) is 16.3 Å². The molecule has 3 N–H and O–H groups in total. The van der Waals surface area contributed by atoms with Gasteiger partial charge in [-0.3, -0.25) is 14.6 Å². The fourth-order valence-electron chi connectivity index (χ4n) is 5.59. The molecule has 0 saturated heterocycles. The number of hydrogen-bond donors (Lipinski definition) is 3. The lowest BCUT2D eigenvalue weighted by Gasteiger charge is -2.22. The van der Waals surface area contributed by atoms with Gasteiger partial charge < -0.3 is 20.7 Å². The number of amides is 2. The van der Waals surface area contributed by atoms with E-state index < -0.39 is 17.8 Å². The molecule has 50 heavy (non-hydrogen) atoms. The number of aliphatic imine (C=N–C) groups is 1. The summed E-state index contributed by atoms with van der Waals surface area (Å²) in [5.41, 5.74) is 3.53. The van der Waals surface area contributed by atoms with Crippen molar-refractivity contribution in [1.82, 2.24) is 25.3 Å². The SMILES string of the molecule is Cc1c(C(=O)N[C@H]2CCC[C@@H](C)C(=O)Nc3cc(N/C(=N/C#N)Oc4ccccc4)ccc3-c3ccnc2c3)nnn1-c1cccc(Cl)c1F. The standard InChI is InChI=1S/C36H31ClFN9O3/c1-21-8-6-12-28(43-35(49)33-22(2)47(46-45-33)31-13-7-11-27(37)32(31)38)30-18-23(16-17-40-30)26-15-14-24(19-29(26)44-34(21)48)42-36(41-20-39)50-25-9-4-3-5-10-25/h3-5,7,9-11,13-19,21,28H,6,8,12H2,1-2H3,(H,41,42)(H,43,49)(H,44,48)/t21-,28+/m1/s1. The highest BCUT2D eigenvalue weighted by Gasteiger charge is 2.25. The molecule has 3 aromatic carbocycles. The average molecular weight is 692 g/mol. The smallest absolute Gasteiger partial charge is 0.310 e. The average Bonchev–Trinajstić information content (AvgIpc) is 3.50. The summed E-state index contributed by atoms with van der Waals surface area (Å²) >= 11 is 5.97. The number of benzene rings is 3. The van der Waals surface area contributed by atoms with Gasteiger partial charge in [-0.05, 0) is 73.9 Å². The summed E-state index contributed by atoms with van der Waals surface area (Å²) in [5.74, 6) is -1.22. The van der Waals surface area contributed by atoms with Crippen molar-refractivity contribution in [1.29, 1.82) is 5.26 Å². The highest BCUT2D eigenvalue weighted by atomic mass is 35.5. The van der Waals surface area contributed by atoms with Gasteiger partial charge in [-0.2, -0.15) is 5.26 Å². The van der Waals surface area contributed by atoms with E-state index in [0.29, 0.717) is 53.3 Å². The second-order valence-corrected chi connectivity index (χ2v) is 12.0. The molecule has 0 radical (unpaired) electrons. The molecule has 1 aliphatic rings. The van der Waals surface area contributed by atoms with Gasteiger partial charge in [0.25, 0.3) is 5.91 Å². The zero-order chi connectivity index (χ0) is 35.2. The number of nitriles is 1. The topological polar surface area (TPSA) is 159 Å². The van der Waals surface area contributed by atoms with Crippen LogP contribution in [0.3, 0.4) is 0 Å². The van der Waals surface area contributed by atoms with E-state index in [1.807, 2.05) is 31.2 Å². The van der Waals surface area contributed by atoms with Crippen LogP contribution in [0.2, 0.25) is 5.02 Å². The number of para-hydroxylation sites is 1. The molecule has 5 aromatic rings. The number of nitrogens with one attached hydrogen (secondary N) is 3. The third-order valence-electron chi connectivity index (χ3n) is 8.24. The monoisotopic (exact) mass is 691 g/mol. The molecule has 1 aliphatic heterocycles. The van der Waals surface area contributed by atoms with Crippen molar-refractivity contribution in [2.75, 3.05) is 10.6 Å². The molecule has 14 heteroatoms. The highest BCUT2D eigenvalue weighted by molar-refractivity contribution is 6.30. The predicted octanol–water partition coefficient (Wildman–Crippen LogP) is 6.99. The first kappa shape index (κ1) is 33.8. The molecule has 12 nitrogen and oxygen atoms in total. The highest BCUT2D eigenvalue weighted by Crippen LogP contribution is 2.34. The Morgan fingerprint density at radius 2 is 1.94 bits per heavy atom. The Morgan fingerprint density at radius 3 is 2.74 bits per heavy atom. The molecule has 252 valence electrons. The first-order valence-electron chi connectivity index (χ1n) is 15.8. The summed E-state index contributed by atoms with van der Waals surface area (Å²) in [6.45, 7) is 3.47. The van der Waals surface area contributed by atoms with Gasteiger partial charge >= 0.3 is 6.02 Å². The fourth-order valence-corrected chi connectivity index (χ4v) is 5.76. The van der Waals surface area contributed by atoms with Crippen LogP contribution in [0.5, 0.6) is 5.75 Å². The van der Waals surface area contributed by atoms with Crippen LogP contribution < -0.4 is 20.7 Å². The van der Waals surface area contributed by atoms with Crippen LogP contribution >= 0.6 is 11.6 Å². The third kappa shape index (κ3) is 7.45. The Balaban J connectivity index is 1.30. The molecule has 0 saturated carbocycles. The molecule has 2 aromatic heterocycles. The summed E-state index contributed by atoms with van der Waals surface area (Å²) in [5, 5.41) is 26.4. The lowest BCUT2D eigenvalue weighted by atomic mass is 9.95. The van der Waals surface area contributed by atoms with Crippen LogP contribution in [-0.2, 0) is 4.79 Å². The second kappa shape index (κ2) is 15.0. The normalized spacial score (nSPS) is 16.1. The quantitative estimate of drug-likeness (QED) is 0.101. The number of pyridine rings is 1. The molecule has 2 bridgehead atoms. The van der Waals surface area contributed by atoms with Crippen LogP contribution in [0.25, 0.3) is 16.8 Å². The van der Waals surface area contributed by atoms with Crippen molar-refractivity contribution in [3.63, 3.8) is 0 Å². The first-order valence-corrected chi connectivity index (χ1v) is 16.1. The number of nitrogens with zero attached hydrogens (tertiary/aromatic N) is 6. The van der Waals surface area contributed by atoms with Gasteiger partial charge in [0.15, 0.2) is 11.5 Å². The second-order valence-electron chi connectivity index (χ2n) is 11.6. The Hall–Kier alpha value is -6.13. The number of halogens is 2. The Morgan fingerprint density at radius 1 is 1.12 bits per heavy atom. The lowest BCUT2D eigenvalue weighted by molar-refractivity contribution is -0.119. The summed E-state index contributed by atoms with van der Waals surface area (Å²) in [7, 11) is 0. The van der Waals surface area contributed by atoms with E-state index in [-0.39, 0.29) is 34.3 Å². The maximum Gasteiger partial charge on any atom is 0.310 e. The van der Waals surface area contributed by atoms with Gasteiger partial charge in [-0.1, -0.05) is 60.5 Å². The van der Waals surface area contributed by atoms with Crippen molar-refractivity contribution < 1.29 is 18.7 Å². The van der Waals surface area contributed by atoms with Gasteiger partial charge in [0.1, 0.15) is 11.4 Å². The molecule has 0 fully saturated rings. The maximum absolute atomic E-state index is 14.8. The molecule has 2 atom stereocenters. The Labute approximate surface area is 292 Å². The van der Waals surface area contributed by atoms with Gasteiger partial charge in [0, 0.05) is 23.4 Å². The van der Waals surface area contributed by atoms with Gasteiger partial charge in [-0.15, -0.1) is 10.1 Å². The number of fused-ring (bicyclic) bond motifs is 4. The molecular weight excluding hydrogens is 661 g/mol. The number of amidine groups is 1. The minimum atomic E-state index is -0.674. The van der Waals surface area contributed by atoms with Crippen LogP contribution in [0.1, 0.15) is 54.1 Å². The van der Waals surface area contributed by atoms with E-state index in [0.717, 1.165) is 5.56 Å². The third-order valence-corrected chi connectivity index (χ3v) is 8.53. The number of carbonyl (C=O) groups is 2. The number of ether oxygens (including phenoxy) is 1. The molecule has 6 rings (SSSR count). The molecule has 3 heterocycles. The van der Waals surface area contributed by atoms with Gasteiger partial charge in [-0.25, -0.2) is 9.07 Å². The predicted molar refractivity (Wildman–Crippen MR) is 186 cm³/mol. The zero-order valence-corrected chi connectivity index (χ0v) is 27.8. The minimum absolute atomic E-state index is 0.0281. The van der Waals surface area contributed by atoms with E-state index in [9.17, 15) is 19.2 Å². The molecule has 2 amide bonds. The number of rotatable bonds is 5. The van der Waals surface area contributed by atoms with Crippen molar-refractivity contribution in [2.24, 2.45) is 10.9 Å². The minimum Gasteiger partial charge on any atom is -0.425 e.